The molecule has 2 aromatic carbocycles. The summed E-state index contributed by atoms with van der Waals surface area (Å²) in [6.07, 6.45) is -3.41. The number of hydrogen-bond acceptors (Lipinski definition) is 8. The number of rotatable bonds is 10. The lowest BCUT2D eigenvalue weighted by molar-refractivity contribution is -0.193. The molecule has 290 valence electrons. The van der Waals surface area contributed by atoms with Gasteiger partial charge in [-0.1, -0.05) is 19.9 Å². The minimum absolute atomic E-state index is 0.0761. The number of nitrogens with zero attached hydrogens (tertiary/aromatic N) is 2. The number of carbonyl (C=O) groups is 4. The van der Waals surface area contributed by atoms with E-state index in [0.717, 1.165) is 45.3 Å². The third kappa shape index (κ3) is 13.9. The molecule has 1 fully saturated rings. The number of aromatic nitrogens is 2. The van der Waals surface area contributed by atoms with Crippen molar-refractivity contribution in [1.82, 2.24) is 20.4 Å². The highest BCUT2D eigenvalue weighted by atomic mass is 32.2. The summed E-state index contributed by atoms with van der Waals surface area (Å²) in [6, 6.07) is 11.6. The van der Waals surface area contributed by atoms with Gasteiger partial charge in [0.2, 0.25) is 5.91 Å². The molecule has 3 heterocycles. The van der Waals surface area contributed by atoms with Crippen molar-refractivity contribution in [3.63, 3.8) is 0 Å². The predicted molar refractivity (Wildman–Crippen MR) is 183 cm³/mol. The van der Waals surface area contributed by atoms with Crippen molar-refractivity contribution in [2.75, 3.05) is 43.9 Å². The number of anilines is 1. The standard InChI is InChI=1S/C30H37N5O3S.2C2HF3O2/c1-20(2)16-31-29(36)22-6-8-27-23(13-22)14-24(19-38-27)30(37)34-26-7-5-21(25-17-32-33-18-25)15-28(26)39-12-11-35-9-3-4-10-35;2*3-2(4,5)1(6)7/h5-8,13,15,17-18,20,24H,3-4,9-12,14,16,19H2,1-2H3,(H,31,36)(H,32,33)(H,34,37);2*(H,6,7). The largest absolute Gasteiger partial charge is 0.492 e. The number of halogens is 6. The maximum Gasteiger partial charge on any atom is 0.490 e. The molecule has 1 saturated heterocycles. The Morgan fingerprint density at radius 2 is 1.62 bits per heavy atom. The molecule has 0 saturated carbocycles. The van der Waals surface area contributed by atoms with Gasteiger partial charge in [-0.25, -0.2) is 9.59 Å². The highest BCUT2D eigenvalue weighted by Crippen LogP contribution is 2.34. The monoisotopic (exact) mass is 775 g/mol. The number of amides is 2. The molecule has 5 N–H and O–H groups in total. The van der Waals surface area contributed by atoms with E-state index >= 15 is 0 Å². The molecule has 2 amide bonds. The van der Waals surface area contributed by atoms with Gasteiger partial charge in [-0.15, -0.1) is 11.8 Å². The summed E-state index contributed by atoms with van der Waals surface area (Å²) in [6.45, 7) is 8.43. The van der Waals surface area contributed by atoms with E-state index in [4.69, 9.17) is 24.5 Å². The predicted octanol–water partition coefficient (Wildman–Crippen LogP) is 6.11. The molecule has 1 aromatic heterocycles. The van der Waals surface area contributed by atoms with Crippen LogP contribution < -0.4 is 15.4 Å². The van der Waals surface area contributed by atoms with Crippen LogP contribution in [0.1, 0.15) is 42.6 Å². The Bertz CT molecular complexity index is 1670. The number of carboxylic acid groups (broad SMARTS) is 2. The Balaban J connectivity index is 0.000000458. The number of alkyl halides is 6. The highest BCUT2D eigenvalue weighted by Gasteiger charge is 2.39. The summed E-state index contributed by atoms with van der Waals surface area (Å²) < 4.78 is 69.4. The van der Waals surface area contributed by atoms with E-state index in [1.807, 2.05) is 30.5 Å². The zero-order chi connectivity index (χ0) is 39.3. The first-order chi connectivity index (χ1) is 24.8. The van der Waals surface area contributed by atoms with E-state index in [9.17, 15) is 35.9 Å². The zero-order valence-corrected chi connectivity index (χ0v) is 29.5. The van der Waals surface area contributed by atoms with Crippen molar-refractivity contribution < 1.29 is 60.5 Å². The van der Waals surface area contributed by atoms with Crippen LogP contribution in [-0.4, -0.2) is 100.0 Å². The molecule has 5 rings (SSSR count). The van der Waals surface area contributed by atoms with Gasteiger partial charge in [0, 0.05) is 41.1 Å². The van der Waals surface area contributed by atoms with Gasteiger partial charge in [-0.2, -0.15) is 31.4 Å². The summed E-state index contributed by atoms with van der Waals surface area (Å²) in [5.41, 5.74) is 4.36. The van der Waals surface area contributed by atoms with Crippen LogP contribution in [0.5, 0.6) is 5.75 Å². The number of aliphatic carboxylic acids is 2. The number of carboxylic acids is 2. The molecular formula is C34H39F6N5O7S. The Labute approximate surface area is 304 Å². The van der Waals surface area contributed by atoms with Gasteiger partial charge in [0.25, 0.3) is 5.91 Å². The van der Waals surface area contributed by atoms with E-state index < -0.39 is 24.3 Å². The summed E-state index contributed by atoms with van der Waals surface area (Å²) in [7, 11) is 0. The first-order valence-corrected chi connectivity index (χ1v) is 17.3. The first kappa shape index (κ1) is 42.6. The maximum atomic E-state index is 13.4. The smallest absolute Gasteiger partial charge is 0.490 e. The minimum atomic E-state index is -5.08. The number of carbonyl (C=O) groups excluding carboxylic acids is 2. The molecule has 19 heteroatoms. The normalized spacial score (nSPS) is 15.5. The Kier molecular flexibility index (Phi) is 15.6. The average Bonchev–Trinajstić information content (AvgIpc) is 3.82. The van der Waals surface area contributed by atoms with Crippen LogP contribution in [0.3, 0.4) is 0 Å². The molecule has 1 unspecified atom stereocenters. The second kappa shape index (κ2) is 19.3. The van der Waals surface area contributed by atoms with Crippen molar-refractivity contribution in [1.29, 1.82) is 0 Å². The van der Waals surface area contributed by atoms with E-state index in [1.165, 1.54) is 25.9 Å². The fraction of sp³-hybridized carbons (Fsp3) is 0.441. The van der Waals surface area contributed by atoms with Gasteiger partial charge in [0.15, 0.2) is 0 Å². The van der Waals surface area contributed by atoms with Crippen LogP contribution in [0.25, 0.3) is 11.1 Å². The molecule has 53 heavy (non-hydrogen) atoms. The van der Waals surface area contributed by atoms with E-state index in [1.54, 1.807) is 24.0 Å². The number of fused-ring (bicyclic) bond motifs is 1. The van der Waals surface area contributed by atoms with Crippen LogP contribution in [0, 0.1) is 11.8 Å². The molecule has 0 aliphatic carbocycles. The van der Waals surface area contributed by atoms with Gasteiger partial charge in [0.1, 0.15) is 12.4 Å². The van der Waals surface area contributed by atoms with Gasteiger partial charge in [-0.3, -0.25) is 14.7 Å². The van der Waals surface area contributed by atoms with Crippen molar-refractivity contribution >= 4 is 41.2 Å². The maximum absolute atomic E-state index is 13.4. The van der Waals surface area contributed by atoms with Gasteiger partial charge < -0.3 is 30.5 Å². The molecule has 2 aliphatic heterocycles. The highest BCUT2D eigenvalue weighted by molar-refractivity contribution is 7.99. The van der Waals surface area contributed by atoms with E-state index in [0.29, 0.717) is 31.1 Å². The molecule has 1 atom stereocenters. The van der Waals surface area contributed by atoms with Crippen molar-refractivity contribution in [3.8, 4) is 16.9 Å². The van der Waals surface area contributed by atoms with Crippen molar-refractivity contribution in [2.45, 2.75) is 50.4 Å². The van der Waals surface area contributed by atoms with Crippen LogP contribution in [0.4, 0.5) is 32.0 Å². The number of benzene rings is 2. The Morgan fingerprint density at radius 1 is 0.981 bits per heavy atom. The number of thioether (sulfide) groups is 1. The average molecular weight is 776 g/mol. The quantitative estimate of drug-likeness (QED) is 0.120. The second-order valence-electron chi connectivity index (χ2n) is 12.3. The van der Waals surface area contributed by atoms with Crippen LogP contribution in [-0.2, 0) is 20.8 Å². The third-order valence-electron chi connectivity index (χ3n) is 7.69. The first-order valence-electron chi connectivity index (χ1n) is 16.3. The Morgan fingerprint density at radius 3 is 2.19 bits per heavy atom. The van der Waals surface area contributed by atoms with Gasteiger partial charge in [0.05, 0.1) is 17.8 Å². The number of likely N-dealkylation sites (tertiary alicyclic amines) is 1. The van der Waals surface area contributed by atoms with E-state index in [2.05, 4.69) is 45.6 Å². The number of H-pyrrole nitrogens is 1. The number of ether oxygens (including phenoxy) is 1. The second-order valence-corrected chi connectivity index (χ2v) is 13.5. The summed E-state index contributed by atoms with van der Waals surface area (Å²) in [4.78, 5) is 47.3. The Hall–Kier alpha value is -4.78. The molecule has 12 nitrogen and oxygen atoms in total. The summed E-state index contributed by atoms with van der Waals surface area (Å²) in [5, 5.41) is 27.3. The van der Waals surface area contributed by atoms with Gasteiger partial charge in [-0.05, 0) is 79.7 Å². The molecule has 0 bridgehead atoms. The fourth-order valence-electron chi connectivity index (χ4n) is 4.96. The lowest BCUT2D eigenvalue weighted by atomic mass is 9.94. The van der Waals surface area contributed by atoms with Crippen molar-refractivity contribution in [3.05, 3.63) is 59.9 Å². The summed E-state index contributed by atoms with van der Waals surface area (Å²) in [5.74, 6) is -3.97. The van der Waals surface area contributed by atoms with Crippen LogP contribution in [0.15, 0.2) is 53.7 Å². The lowest BCUT2D eigenvalue weighted by Gasteiger charge is -2.25. The number of nitrogens with one attached hydrogen (secondary N) is 3. The molecule has 2 aliphatic rings. The molecule has 0 radical (unpaired) electrons. The topological polar surface area (TPSA) is 174 Å². The number of hydrogen-bond donors (Lipinski definition) is 5. The lowest BCUT2D eigenvalue weighted by Crippen LogP contribution is -2.33. The zero-order valence-electron chi connectivity index (χ0n) is 28.6. The SMILES string of the molecule is CC(C)CNC(=O)c1ccc2c(c1)CC(C(=O)Nc1ccc(-c3cn[nH]c3)cc1SCCN1CCCC1)CO2.O=C(O)C(F)(F)F.O=C(O)C(F)(F)F. The van der Waals surface area contributed by atoms with Crippen molar-refractivity contribution in [2.24, 2.45) is 11.8 Å². The minimum Gasteiger partial charge on any atom is -0.492 e. The number of aromatic amines is 1. The van der Waals surface area contributed by atoms with Crippen LogP contribution in [0.2, 0.25) is 0 Å². The third-order valence-corrected chi connectivity index (χ3v) is 8.73. The van der Waals surface area contributed by atoms with Crippen LogP contribution >= 0.6 is 11.8 Å². The fourth-order valence-corrected chi connectivity index (χ4v) is 6.02. The molecule has 0 spiro atoms. The summed E-state index contributed by atoms with van der Waals surface area (Å²) >= 11 is 1.77. The molecular weight excluding hydrogens is 736 g/mol. The molecule has 3 aromatic rings. The van der Waals surface area contributed by atoms with Gasteiger partial charge >= 0.3 is 24.3 Å². The van der Waals surface area contributed by atoms with E-state index in [-0.39, 0.29) is 17.7 Å².